The van der Waals surface area contributed by atoms with Crippen molar-refractivity contribution < 1.29 is 45.4 Å². The van der Waals surface area contributed by atoms with Gasteiger partial charge >= 0.3 is 18.3 Å². The molecule has 1 unspecified atom stereocenters. The molecule has 0 spiro atoms. The van der Waals surface area contributed by atoms with E-state index >= 15 is 0 Å². The van der Waals surface area contributed by atoms with Gasteiger partial charge in [-0.15, -0.1) is 0 Å². The molecule has 14 heteroatoms. The molecule has 0 radical (unpaired) electrons. The predicted octanol–water partition coefficient (Wildman–Crippen LogP) is 5.27. The van der Waals surface area contributed by atoms with Gasteiger partial charge in [0.1, 0.15) is 17.2 Å². The van der Waals surface area contributed by atoms with Crippen molar-refractivity contribution in [3.63, 3.8) is 0 Å². The van der Waals surface area contributed by atoms with Crippen LogP contribution in [0.1, 0.15) is 56.1 Å². The van der Waals surface area contributed by atoms with Gasteiger partial charge in [0.25, 0.3) is 5.91 Å². The van der Waals surface area contributed by atoms with Crippen LogP contribution in [0.5, 0.6) is 0 Å². The van der Waals surface area contributed by atoms with E-state index in [-0.39, 0.29) is 42.1 Å². The highest BCUT2D eigenvalue weighted by Crippen LogP contribution is 2.39. The summed E-state index contributed by atoms with van der Waals surface area (Å²) in [5, 5.41) is 14.8. The molecule has 1 aromatic heterocycles. The minimum absolute atomic E-state index is 0.0501. The van der Waals surface area contributed by atoms with Crippen LogP contribution in [-0.4, -0.2) is 33.3 Å². The van der Waals surface area contributed by atoms with Crippen LogP contribution in [0.15, 0.2) is 42.5 Å². The smallest absolute Gasteiger partial charge is 0.436 e. The number of hydrogen-bond donors (Lipinski definition) is 2. The van der Waals surface area contributed by atoms with E-state index < -0.39 is 52.9 Å². The van der Waals surface area contributed by atoms with E-state index in [4.69, 9.17) is 5.11 Å². The van der Waals surface area contributed by atoms with Gasteiger partial charge in [0.05, 0.1) is 23.7 Å². The second-order valence-corrected chi connectivity index (χ2v) is 8.62. The number of rotatable bonds is 6. The molecule has 3 aromatic rings. The SMILES string of the molecule is CC(NC(=O)c1c(C(F)(F)F)nn2c1N(Cc1cccc(C(F)(F)F)c1)CC2)c1ccc(C(=O)O)cc1F. The highest BCUT2D eigenvalue weighted by Gasteiger charge is 2.44. The van der Waals surface area contributed by atoms with E-state index in [1.807, 2.05) is 0 Å². The molecule has 0 saturated carbocycles. The van der Waals surface area contributed by atoms with Crippen LogP contribution in [0.2, 0.25) is 0 Å². The molecule has 2 N–H and O–H groups in total. The van der Waals surface area contributed by atoms with Gasteiger partial charge in [-0.2, -0.15) is 31.4 Å². The van der Waals surface area contributed by atoms with Crippen LogP contribution in [0.3, 0.4) is 0 Å². The lowest BCUT2D eigenvalue weighted by Gasteiger charge is -2.21. The Kier molecular flexibility index (Phi) is 6.84. The number of hydrogen-bond acceptors (Lipinski definition) is 4. The van der Waals surface area contributed by atoms with Gasteiger partial charge in [0.2, 0.25) is 0 Å². The number of nitrogens with one attached hydrogen (secondary N) is 1. The molecule has 1 aliphatic rings. The Hall–Kier alpha value is -4.10. The fourth-order valence-corrected chi connectivity index (χ4v) is 4.24. The van der Waals surface area contributed by atoms with Gasteiger partial charge in [-0.1, -0.05) is 18.2 Å². The third-order valence-corrected chi connectivity index (χ3v) is 5.99. The lowest BCUT2D eigenvalue weighted by Crippen LogP contribution is -2.31. The molecule has 38 heavy (non-hydrogen) atoms. The second kappa shape index (κ2) is 9.65. The van der Waals surface area contributed by atoms with Crippen molar-refractivity contribution in [3.05, 3.63) is 81.8 Å². The van der Waals surface area contributed by atoms with Crippen molar-refractivity contribution in [1.82, 2.24) is 15.1 Å². The molecule has 2 aromatic carbocycles. The first-order valence-electron chi connectivity index (χ1n) is 11.1. The van der Waals surface area contributed by atoms with Crippen LogP contribution in [0.25, 0.3) is 0 Å². The van der Waals surface area contributed by atoms with Crippen LogP contribution >= 0.6 is 0 Å². The maximum absolute atomic E-state index is 14.5. The summed E-state index contributed by atoms with van der Waals surface area (Å²) in [6, 6.07) is 6.01. The zero-order valence-electron chi connectivity index (χ0n) is 19.5. The standard InChI is InChI=1S/C24H19F7N4O3/c1-12(16-6-5-14(22(37)38)10-17(16)25)32-20(36)18-19(24(29,30)31)33-35-8-7-34(21(18)35)11-13-3-2-4-15(9-13)23(26,27)28/h2-6,9-10,12H,7-8,11H2,1H3,(H,32,36)(H,37,38). The van der Waals surface area contributed by atoms with Gasteiger partial charge < -0.3 is 15.3 Å². The Balaban J connectivity index is 1.67. The summed E-state index contributed by atoms with van der Waals surface area (Å²) >= 11 is 0. The van der Waals surface area contributed by atoms with Crippen molar-refractivity contribution in [2.45, 2.75) is 38.4 Å². The van der Waals surface area contributed by atoms with Gasteiger partial charge in [0.15, 0.2) is 5.69 Å². The largest absolute Gasteiger partial charge is 0.478 e. The summed E-state index contributed by atoms with van der Waals surface area (Å²) in [4.78, 5) is 25.5. The summed E-state index contributed by atoms with van der Waals surface area (Å²) in [6.45, 7) is 1.10. The number of nitrogens with zero attached hydrogens (tertiary/aromatic N) is 3. The molecule has 0 saturated heterocycles. The predicted molar refractivity (Wildman–Crippen MR) is 119 cm³/mol. The third-order valence-electron chi connectivity index (χ3n) is 5.99. The number of carboxylic acid groups (broad SMARTS) is 1. The van der Waals surface area contributed by atoms with Gasteiger partial charge in [0, 0.05) is 18.7 Å². The van der Waals surface area contributed by atoms with E-state index in [1.54, 1.807) is 0 Å². The summed E-state index contributed by atoms with van der Waals surface area (Å²) in [6.07, 6.45) is -9.66. The number of carbonyl (C=O) groups is 2. The first-order chi connectivity index (χ1) is 17.7. The number of aromatic nitrogens is 2. The third kappa shape index (κ3) is 5.29. The van der Waals surface area contributed by atoms with E-state index in [2.05, 4.69) is 10.4 Å². The van der Waals surface area contributed by atoms with Crippen molar-refractivity contribution in [2.24, 2.45) is 0 Å². The number of fused-ring (bicyclic) bond motifs is 1. The molecule has 2 heterocycles. The van der Waals surface area contributed by atoms with Crippen LogP contribution in [0.4, 0.5) is 36.6 Å². The molecule has 1 amide bonds. The van der Waals surface area contributed by atoms with Crippen molar-refractivity contribution >= 4 is 17.7 Å². The Bertz CT molecular complexity index is 1400. The molecule has 4 rings (SSSR count). The fourth-order valence-electron chi connectivity index (χ4n) is 4.24. The molecule has 0 aliphatic carbocycles. The summed E-state index contributed by atoms with van der Waals surface area (Å²) in [5.74, 6) is -3.84. The maximum atomic E-state index is 14.5. The Morgan fingerprint density at radius 1 is 1.05 bits per heavy atom. The number of aromatic carboxylic acids is 1. The molecular weight excluding hydrogens is 525 g/mol. The number of carbonyl (C=O) groups excluding carboxylic acids is 1. The number of halogens is 7. The van der Waals surface area contributed by atoms with Gasteiger partial charge in [-0.3, -0.25) is 4.79 Å². The topological polar surface area (TPSA) is 87.5 Å². The van der Waals surface area contributed by atoms with E-state index in [0.29, 0.717) is 0 Å². The van der Waals surface area contributed by atoms with Crippen molar-refractivity contribution in [3.8, 4) is 0 Å². The molecule has 1 aliphatic heterocycles. The minimum Gasteiger partial charge on any atom is -0.478 e. The van der Waals surface area contributed by atoms with E-state index in [9.17, 15) is 40.3 Å². The van der Waals surface area contributed by atoms with Gasteiger partial charge in [-0.25, -0.2) is 13.9 Å². The number of alkyl halides is 6. The first-order valence-corrected chi connectivity index (χ1v) is 11.1. The fraction of sp³-hybridized carbons (Fsp3) is 0.292. The van der Waals surface area contributed by atoms with Crippen molar-refractivity contribution in [2.75, 3.05) is 11.4 Å². The van der Waals surface area contributed by atoms with Gasteiger partial charge in [-0.05, 0) is 36.8 Å². The lowest BCUT2D eigenvalue weighted by atomic mass is 10.0. The quantitative estimate of drug-likeness (QED) is 0.413. The molecule has 7 nitrogen and oxygen atoms in total. The Morgan fingerprint density at radius 3 is 2.37 bits per heavy atom. The average molecular weight is 544 g/mol. The highest BCUT2D eigenvalue weighted by atomic mass is 19.4. The first kappa shape index (κ1) is 26.9. The lowest BCUT2D eigenvalue weighted by molar-refractivity contribution is -0.142. The molecule has 202 valence electrons. The van der Waals surface area contributed by atoms with Crippen molar-refractivity contribution in [1.29, 1.82) is 0 Å². The van der Waals surface area contributed by atoms with Crippen LogP contribution in [0, 0.1) is 5.82 Å². The normalized spacial score (nSPS) is 14.4. The zero-order chi connectivity index (χ0) is 28.0. The summed E-state index contributed by atoms with van der Waals surface area (Å²) < 4.78 is 96.3. The number of anilines is 1. The summed E-state index contributed by atoms with van der Waals surface area (Å²) in [5.41, 5.74) is -3.64. The number of carboxylic acids is 1. The molecule has 1 atom stereocenters. The molecule has 0 bridgehead atoms. The minimum atomic E-state index is -5.04. The number of amides is 1. The van der Waals surface area contributed by atoms with Crippen LogP contribution in [-0.2, 0) is 25.4 Å². The average Bonchev–Trinajstić information content (AvgIpc) is 3.38. The van der Waals surface area contributed by atoms with E-state index in [1.165, 1.54) is 24.0 Å². The Labute approximate surface area is 210 Å². The summed E-state index contributed by atoms with van der Waals surface area (Å²) in [7, 11) is 0. The number of benzene rings is 2. The monoisotopic (exact) mass is 544 g/mol. The maximum Gasteiger partial charge on any atom is 0.436 e. The van der Waals surface area contributed by atoms with E-state index in [0.717, 1.165) is 35.0 Å². The Morgan fingerprint density at radius 2 is 1.76 bits per heavy atom. The zero-order valence-corrected chi connectivity index (χ0v) is 19.5. The second-order valence-electron chi connectivity index (χ2n) is 8.62. The molecular formula is C24H19F7N4O3. The highest BCUT2D eigenvalue weighted by molar-refractivity contribution is 6.01. The molecule has 0 fully saturated rings. The van der Waals surface area contributed by atoms with Crippen LogP contribution < -0.4 is 10.2 Å².